The molecule has 0 aliphatic rings. The van der Waals surface area contributed by atoms with Crippen molar-refractivity contribution in [2.45, 2.75) is 39.5 Å². The first-order valence-electron chi connectivity index (χ1n) is 7.19. The lowest BCUT2D eigenvalue weighted by atomic mass is 10.1. The summed E-state index contributed by atoms with van der Waals surface area (Å²) in [7, 11) is -3.24. The van der Waals surface area contributed by atoms with Crippen molar-refractivity contribution in [3.63, 3.8) is 0 Å². The van der Waals surface area contributed by atoms with E-state index in [4.69, 9.17) is 0 Å². The van der Waals surface area contributed by atoms with E-state index < -0.39 is 10.0 Å². The van der Waals surface area contributed by atoms with Crippen LogP contribution in [0, 0.1) is 5.92 Å². The van der Waals surface area contributed by atoms with Gasteiger partial charge in [-0.1, -0.05) is 45.0 Å². The molecule has 20 heavy (non-hydrogen) atoms. The molecule has 0 aliphatic heterocycles. The number of sulfonamides is 1. The van der Waals surface area contributed by atoms with Gasteiger partial charge in [0.25, 0.3) is 0 Å². The highest BCUT2D eigenvalue weighted by atomic mass is 32.2. The second-order valence-corrected chi connectivity index (χ2v) is 7.24. The molecule has 5 heteroatoms. The van der Waals surface area contributed by atoms with E-state index in [1.165, 1.54) is 0 Å². The Hall–Kier alpha value is -0.910. The van der Waals surface area contributed by atoms with Gasteiger partial charge in [-0.2, -0.15) is 0 Å². The zero-order valence-corrected chi connectivity index (χ0v) is 13.5. The molecule has 0 bridgehead atoms. The van der Waals surface area contributed by atoms with Crippen LogP contribution in [0.15, 0.2) is 24.3 Å². The molecule has 114 valence electrons. The molecule has 1 aromatic carbocycles. The van der Waals surface area contributed by atoms with Gasteiger partial charge in [0, 0.05) is 13.1 Å². The van der Waals surface area contributed by atoms with Crippen LogP contribution in [-0.2, 0) is 22.3 Å². The van der Waals surface area contributed by atoms with Gasteiger partial charge in [0.1, 0.15) is 0 Å². The van der Waals surface area contributed by atoms with Crippen LogP contribution in [-0.4, -0.2) is 21.5 Å². The lowest BCUT2D eigenvalue weighted by molar-refractivity contribution is 0.551. The first-order chi connectivity index (χ1) is 9.43. The van der Waals surface area contributed by atoms with Gasteiger partial charge in [-0.25, -0.2) is 13.1 Å². The fraction of sp³-hybridized carbons (Fsp3) is 0.600. The topological polar surface area (TPSA) is 58.2 Å². The van der Waals surface area contributed by atoms with Gasteiger partial charge < -0.3 is 5.32 Å². The molecule has 0 aliphatic carbocycles. The van der Waals surface area contributed by atoms with Gasteiger partial charge in [-0.05, 0) is 30.0 Å². The highest BCUT2D eigenvalue weighted by Crippen LogP contribution is 2.09. The van der Waals surface area contributed by atoms with E-state index >= 15 is 0 Å². The molecule has 0 radical (unpaired) electrons. The first-order valence-corrected chi connectivity index (χ1v) is 8.84. The zero-order chi connectivity index (χ0) is 15.0. The average Bonchev–Trinajstić information content (AvgIpc) is 2.35. The summed E-state index contributed by atoms with van der Waals surface area (Å²) in [6, 6.07) is 7.72. The molecular formula is C15H26N2O2S. The maximum Gasteiger partial charge on any atom is 0.215 e. The Bertz CT molecular complexity index is 498. The summed E-state index contributed by atoms with van der Waals surface area (Å²) < 4.78 is 26.6. The Balaban J connectivity index is 2.58. The summed E-state index contributed by atoms with van der Waals surface area (Å²) in [5.74, 6) is 0.548. The van der Waals surface area contributed by atoms with Crippen molar-refractivity contribution in [3.8, 4) is 0 Å². The third kappa shape index (κ3) is 7.03. The summed E-state index contributed by atoms with van der Waals surface area (Å²) in [5, 5.41) is 3.24. The normalized spacial score (nSPS) is 12.0. The summed E-state index contributed by atoms with van der Waals surface area (Å²) in [6.07, 6.45) is 0.861. The predicted molar refractivity (Wildman–Crippen MR) is 83.9 cm³/mol. The minimum Gasteiger partial charge on any atom is -0.313 e. The Morgan fingerprint density at radius 3 is 2.55 bits per heavy atom. The summed E-state index contributed by atoms with van der Waals surface area (Å²) in [5.41, 5.74) is 1.94. The number of hydrogen-bond acceptors (Lipinski definition) is 3. The van der Waals surface area contributed by atoms with Gasteiger partial charge in [-0.15, -0.1) is 0 Å². The van der Waals surface area contributed by atoms with Crippen molar-refractivity contribution in [2.75, 3.05) is 13.1 Å². The van der Waals surface area contributed by atoms with Crippen LogP contribution in [0.25, 0.3) is 0 Å². The number of benzene rings is 1. The lowest BCUT2D eigenvalue weighted by Crippen LogP contribution is -2.27. The zero-order valence-electron chi connectivity index (χ0n) is 12.6. The van der Waals surface area contributed by atoms with Crippen LogP contribution in [0.3, 0.4) is 0 Å². The molecule has 0 heterocycles. The van der Waals surface area contributed by atoms with Crippen molar-refractivity contribution >= 4 is 10.0 Å². The fourth-order valence-electron chi connectivity index (χ4n) is 1.87. The van der Waals surface area contributed by atoms with E-state index in [0.717, 1.165) is 30.6 Å². The van der Waals surface area contributed by atoms with E-state index in [-0.39, 0.29) is 5.75 Å². The van der Waals surface area contributed by atoms with Crippen LogP contribution >= 0.6 is 0 Å². The van der Waals surface area contributed by atoms with Crippen molar-refractivity contribution in [1.29, 1.82) is 0 Å². The largest absolute Gasteiger partial charge is 0.313 e. The van der Waals surface area contributed by atoms with Crippen molar-refractivity contribution in [1.82, 2.24) is 10.0 Å². The second kappa shape index (κ2) is 8.39. The molecule has 0 fully saturated rings. The quantitative estimate of drug-likeness (QED) is 0.735. The van der Waals surface area contributed by atoms with Crippen LogP contribution < -0.4 is 10.0 Å². The van der Waals surface area contributed by atoms with E-state index in [2.05, 4.69) is 23.9 Å². The number of hydrogen-bond donors (Lipinski definition) is 2. The second-order valence-electron chi connectivity index (χ2n) is 5.44. The SMILES string of the molecule is CCNCc1cccc(CS(=O)(=O)NCCC(C)C)c1. The van der Waals surface area contributed by atoms with Crippen molar-refractivity contribution in [3.05, 3.63) is 35.4 Å². The predicted octanol–water partition coefficient (Wildman–Crippen LogP) is 2.26. The molecule has 0 unspecified atom stereocenters. The fourth-order valence-corrected chi connectivity index (χ4v) is 3.02. The molecule has 0 atom stereocenters. The van der Waals surface area contributed by atoms with Crippen molar-refractivity contribution in [2.24, 2.45) is 5.92 Å². The number of nitrogens with one attached hydrogen (secondary N) is 2. The molecule has 0 saturated heterocycles. The summed E-state index contributed by atoms with van der Waals surface area (Å²) in [6.45, 7) is 8.39. The van der Waals surface area contributed by atoms with Gasteiger partial charge in [0.15, 0.2) is 0 Å². The molecule has 0 amide bonds. The van der Waals surface area contributed by atoms with Gasteiger partial charge in [-0.3, -0.25) is 0 Å². The van der Waals surface area contributed by atoms with Gasteiger partial charge in [0.05, 0.1) is 5.75 Å². The Labute approximate surface area is 123 Å². The van der Waals surface area contributed by atoms with Crippen LogP contribution in [0.1, 0.15) is 38.3 Å². The summed E-state index contributed by atoms with van der Waals surface area (Å²) in [4.78, 5) is 0. The highest BCUT2D eigenvalue weighted by molar-refractivity contribution is 7.88. The molecular weight excluding hydrogens is 272 g/mol. The van der Waals surface area contributed by atoms with Crippen molar-refractivity contribution < 1.29 is 8.42 Å². The molecule has 0 aromatic heterocycles. The minimum atomic E-state index is -3.24. The molecule has 1 aromatic rings. The molecule has 1 rings (SSSR count). The minimum absolute atomic E-state index is 0.0467. The standard InChI is InChI=1S/C15H26N2O2S/c1-4-16-11-14-6-5-7-15(10-14)12-20(18,19)17-9-8-13(2)3/h5-7,10,13,16-17H,4,8-9,11-12H2,1-3H3. The van der Waals surface area contributed by atoms with Gasteiger partial charge >= 0.3 is 0 Å². The maximum atomic E-state index is 12.0. The van der Waals surface area contributed by atoms with E-state index in [0.29, 0.717) is 12.5 Å². The monoisotopic (exact) mass is 298 g/mol. The number of rotatable bonds is 9. The third-order valence-electron chi connectivity index (χ3n) is 2.97. The summed E-state index contributed by atoms with van der Waals surface area (Å²) >= 11 is 0. The van der Waals surface area contributed by atoms with Gasteiger partial charge in [0.2, 0.25) is 10.0 Å². The Kier molecular flexibility index (Phi) is 7.19. The molecule has 0 saturated carbocycles. The highest BCUT2D eigenvalue weighted by Gasteiger charge is 2.11. The van der Waals surface area contributed by atoms with E-state index in [1.54, 1.807) is 0 Å². The van der Waals surface area contributed by atoms with Crippen LogP contribution in [0.5, 0.6) is 0 Å². The Morgan fingerprint density at radius 2 is 1.90 bits per heavy atom. The maximum absolute atomic E-state index is 12.0. The lowest BCUT2D eigenvalue weighted by Gasteiger charge is -2.09. The Morgan fingerprint density at radius 1 is 1.20 bits per heavy atom. The molecule has 2 N–H and O–H groups in total. The third-order valence-corrected chi connectivity index (χ3v) is 4.33. The average molecular weight is 298 g/mol. The van der Waals surface area contributed by atoms with Crippen LogP contribution in [0.2, 0.25) is 0 Å². The molecule has 4 nitrogen and oxygen atoms in total. The smallest absolute Gasteiger partial charge is 0.215 e. The first kappa shape index (κ1) is 17.1. The van der Waals surface area contributed by atoms with Crippen LogP contribution in [0.4, 0.5) is 0 Å². The van der Waals surface area contributed by atoms with E-state index in [9.17, 15) is 8.42 Å². The molecule has 0 spiro atoms. The van der Waals surface area contributed by atoms with E-state index in [1.807, 2.05) is 31.2 Å².